The van der Waals surface area contributed by atoms with Crippen LogP contribution in [0.5, 0.6) is 0 Å². The number of aliphatic hydroxyl groups excluding tert-OH is 1. The van der Waals surface area contributed by atoms with E-state index in [9.17, 15) is 0 Å². The predicted octanol–water partition coefficient (Wildman–Crippen LogP) is 3.98. The highest BCUT2D eigenvalue weighted by Crippen LogP contribution is 2.24. The third-order valence-corrected chi connectivity index (χ3v) is 3.82. The largest absolute Gasteiger partial charge is 0.384 e. The Labute approximate surface area is 122 Å². The number of hydrogen-bond donors (Lipinski definition) is 1. The van der Waals surface area contributed by atoms with Gasteiger partial charge in [0.05, 0.1) is 0 Å². The van der Waals surface area contributed by atoms with Crippen molar-refractivity contribution in [2.75, 3.05) is 6.61 Å². The van der Waals surface area contributed by atoms with Gasteiger partial charge in [-0.15, -0.1) is 11.8 Å². The maximum atomic E-state index is 8.63. The molecule has 0 atom stereocenters. The first-order valence-corrected chi connectivity index (χ1v) is 7.21. The highest BCUT2D eigenvalue weighted by atomic mass is 35.5. The van der Waals surface area contributed by atoms with Crippen molar-refractivity contribution in [1.29, 1.82) is 0 Å². The molecule has 19 heavy (non-hydrogen) atoms. The second-order valence-corrected chi connectivity index (χ2v) is 5.38. The lowest BCUT2D eigenvalue weighted by atomic mass is 10.1. The number of benzene rings is 2. The molecule has 0 aliphatic carbocycles. The molecule has 0 spiro atoms. The van der Waals surface area contributed by atoms with Crippen molar-refractivity contribution < 1.29 is 5.11 Å². The molecular formula is C16H13ClOS. The fourth-order valence-corrected chi connectivity index (χ4v) is 2.50. The smallest absolute Gasteiger partial charge is 0.104 e. The summed E-state index contributed by atoms with van der Waals surface area (Å²) in [5.74, 6) is 6.43. The van der Waals surface area contributed by atoms with E-state index in [0.29, 0.717) is 0 Å². The highest BCUT2D eigenvalue weighted by molar-refractivity contribution is 7.98. The minimum absolute atomic E-state index is 0.103. The molecule has 0 saturated heterocycles. The average molecular weight is 289 g/mol. The van der Waals surface area contributed by atoms with Crippen LogP contribution in [0.3, 0.4) is 0 Å². The van der Waals surface area contributed by atoms with Gasteiger partial charge in [0.15, 0.2) is 0 Å². The minimum atomic E-state index is -0.103. The van der Waals surface area contributed by atoms with Gasteiger partial charge in [-0.05, 0) is 42.0 Å². The molecule has 1 N–H and O–H groups in total. The van der Waals surface area contributed by atoms with Crippen LogP contribution in [0.4, 0.5) is 0 Å². The zero-order valence-electron chi connectivity index (χ0n) is 10.3. The van der Waals surface area contributed by atoms with Gasteiger partial charge >= 0.3 is 0 Å². The third kappa shape index (κ3) is 4.65. The Morgan fingerprint density at radius 1 is 1.00 bits per heavy atom. The normalized spacial score (nSPS) is 9.79. The molecule has 0 aromatic heterocycles. The molecule has 0 aliphatic rings. The van der Waals surface area contributed by atoms with Gasteiger partial charge in [0, 0.05) is 21.2 Å². The van der Waals surface area contributed by atoms with E-state index in [1.807, 2.05) is 36.4 Å². The van der Waals surface area contributed by atoms with Crippen LogP contribution in [0.15, 0.2) is 53.4 Å². The molecule has 0 saturated carbocycles. The molecular weight excluding hydrogens is 276 g/mol. The van der Waals surface area contributed by atoms with Crippen molar-refractivity contribution in [1.82, 2.24) is 0 Å². The Morgan fingerprint density at radius 2 is 1.68 bits per heavy atom. The first-order chi connectivity index (χ1) is 9.28. The van der Waals surface area contributed by atoms with E-state index < -0.39 is 0 Å². The number of hydrogen-bond acceptors (Lipinski definition) is 2. The van der Waals surface area contributed by atoms with E-state index in [2.05, 4.69) is 24.0 Å². The summed E-state index contributed by atoms with van der Waals surface area (Å²) in [5, 5.41) is 9.39. The number of aliphatic hydroxyl groups is 1. The highest BCUT2D eigenvalue weighted by Gasteiger charge is 1.97. The molecule has 0 fully saturated rings. The number of thioether (sulfide) groups is 1. The van der Waals surface area contributed by atoms with Gasteiger partial charge in [0.25, 0.3) is 0 Å². The van der Waals surface area contributed by atoms with E-state index in [4.69, 9.17) is 16.7 Å². The SMILES string of the molecule is OCC#Cc1ccc(CSc2ccc(Cl)cc2)cc1. The molecule has 0 heterocycles. The Hall–Kier alpha value is -1.40. The molecule has 0 unspecified atom stereocenters. The van der Waals surface area contributed by atoms with Crippen LogP contribution in [-0.2, 0) is 5.75 Å². The molecule has 0 bridgehead atoms. The fourth-order valence-electron chi connectivity index (χ4n) is 1.52. The lowest BCUT2D eigenvalue weighted by Gasteiger charge is -2.02. The monoisotopic (exact) mass is 288 g/mol. The lowest BCUT2D eigenvalue weighted by Crippen LogP contribution is -1.82. The van der Waals surface area contributed by atoms with E-state index in [0.717, 1.165) is 16.3 Å². The van der Waals surface area contributed by atoms with Crippen LogP contribution >= 0.6 is 23.4 Å². The Morgan fingerprint density at radius 3 is 2.32 bits per heavy atom. The maximum absolute atomic E-state index is 8.63. The quantitative estimate of drug-likeness (QED) is 0.681. The van der Waals surface area contributed by atoms with E-state index in [-0.39, 0.29) is 6.61 Å². The molecule has 1 nitrogen and oxygen atoms in total. The van der Waals surface area contributed by atoms with Crippen molar-refractivity contribution in [2.24, 2.45) is 0 Å². The van der Waals surface area contributed by atoms with Gasteiger partial charge in [-0.3, -0.25) is 0 Å². The summed E-state index contributed by atoms with van der Waals surface area (Å²) in [5.41, 5.74) is 2.17. The minimum Gasteiger partial charge on any atom is -0.384 e. The number of halogens is 1. The van der Waals surface area contributed by atoms with Crippen LogP contribution in [0.2, 0.25) is 5.02 Å². The van der Waals surface area contributed by atoms with Gasteiger partial charge in [-0.25, -0.2) is 0 Å². The molecule has 3 heteroatoms. The van der Waals surface area contributed by atoms with Crippen molar-refractivity contribution in [3.8, 4) is 11.8 Å². The van der Waals surface area contributed by atoms with Crippen LogP contribution in [-0.4, -0.2) is 11.7 Å². The van der Waals surface area contributed by atoms with E-state index in [1.54, 1.807) is 11.8 Å². The van der Waals surface area contributed by atoms with Gasteiger partial charge < -0.3 is 5.11 Å². The van der Waals surface area contributed by atoms with Crippen molar-refractivity contribution in [3.63, 3.8) is 0 Å². The third-order valence-electron chi connectivity index (χ3n) is 2.48. The zero-order valence-corrected chi connectivity index (χ0v) is 11.8. The van der Waals surface area contributed by atoms with Crippen molar-refractivity contribution >= 4 is 23.4 Å². The topological polar surface area (TPSA) is 20.2 Å². The first kappa shape index (κ1) is 14.0. The Kier molecular flexibility index (Phi) is 5.35. The van der Waals surface area contributed by atoms with Crippen LogP contribution in [0.25, 0.3) is 0 Å². The summed E-state index contributed by atoms with van der Waals surface area (Å²) in [6.45, 7) is -0.103. The second-order valence-electron chi connectivity index (χ2n) is 3.90. The molecule has 0 amide bonds. The molecule has 2 rings (SSSR count). The second kappa shape index (κ2) is 7.25. The standard InChI is InChI=1S/C16H13ClOS/c17-15-7-9-16(10-8-15)19-12-14-5-3-13(4-6-14)2-1-11-18/h3-10,18H,11-12H2. The Bertz CT molecular complexity index is 579. The molecule has 2 aromatic carbocycles. The van der Waals surface area contributed by atoms with Gasteiger partial charge in [-0.1, -0.05) is 35.6 Å². The molecule has 0 aliphatic heterocycles. The van der Waals surface area contributed by atoms with Crippen LogP contribution in [0.1, 0.15) is 11.1 Å². The first-order valence-electron chi connectivity index (χ1n) is 5.85. The molecule has 96 valence electrons. The fraction of sp³-hybridized carbons (Fsp3) is 0.125. The van der Waals surface area contributed by atoms with E-state index >= 15 is 0 Å². The van der Waals surface area contributed by atoms with Crippen LogP contribution < -0.4 is 0 Å². The van der Waals surface area contributed by atoms with Gasteiger partial charge in [0.2, 0.25) is 0 Å². The predicted molar refractivity (Wildman–Crippen MR) is 81.4 cm³/mol. The van der Waals surface area contributed by atoms with Crippen molar-refractivity contribution in [3.05, 3.63) is 64.7 Å². The summed E-state index contributed by atoms with van der Waals surface area (Å²) in [7, 11) is 0. The van der Waals surface area contributed by atoms with Gasteiger partial charge in [0.1, 0.15) is 6.61 Å². The maximum Gasteiger partial charge on any atom is 0.104 e. The summed E-state index contributed by atoms with van der Waals surface area (Å²) in [6.07, 6.45) is 0. The van der Waals surface area contributed by atoms with Crippen LogP contribution in [0, 0.1) is 11.8 Å². The number of rotatable bonds is 3. The lowest BCUT2D eigenvalue weighted by molar-refractivity contribution is 0.350. The van der Waals surface area contributed by atoms with Gasteiger partial charge in [-0.2, -0.15) is 0 Å². The molecule has 2 aromatic rings. The Balaban J connectivity index is 1.94. The summed E-state index contributed by atoms with van der Waals surface area (Å²) >= 11 is 7.62. The van der Waals surface area contributed by atoms with Crippen molar-refractivity contribution in [2.45, 2.75) is 10.6 Å². The summed E-state index contributed by atoms with van der Waals surface area (Å²) in [6, 6.07) is 15.9. The summed E-state index contributed by atoms with van der Waals surface area (Å²) in [4.78, 5) is 1.20. The van der Waals surface area contributed by atoms with E-state index in [1.165, 1.54) is 10.5 Å². The molecule has 0 radical (unpaired) electrons. The zero-order chi connectivity index (χ0) is 13.5. The summed E-state index contributed by atoms with van der Waals surface area (Å²) < 4.78 is 0. The average Bonchev–Trinajstić information content (AvgIpc) is 2.46.